The molecule has 0 fully saturated rings. The number of aliphatic carboxylic acids is 1. The Morgan fingerprint density at radius 1 is 1.20 bits per heavy atom. The molecular weight excluding hydrogens is 196 g/mol. The van der Waals surface area contributed by atoms with Crippen LogP contribution in [0.5, 0.6) is 0 Å². The molecule has 0 aliphatic carbocycles. The van der Waals surface area contributed by atoms with Gasteiger partial charge in [-0.25, -0.2) is 0 Å². The molecular formula is C10H20N2O3. The Morgan fingerprint density at radius 3 is 2.13 bits per heavy atom. The summed E-state index contributed by atoms with van der Waals surface area (Å²) < 4.78 is 0. The summed E-state index contributed by atoms with van der Waals surface area (Å²) in [5.41, 5.74) is 11.2. The molecule has 0 aromatic rings. The molecule has 0 radical (unpaired) electrons. The lowest BCUT2D eigenvalue weighted by atomic mass is 9.95. The van der Waals surface area contributed by atoms with E-state index in [1.54, 1.807) is 0 Å². The van der Waals surface area contributed by atoms with Crippen LogP contribution in [0.25, 0.3) is 0 Å². The third-order valence-electron chi connectivity index (χ3n) is 2.13. The van der Waals surface area contributed by atoms with Crippen molar-refractivity contribution in [2.24, 2.45) is 17.4 Å². The van der Waals surface area contributed by atoms with Gasteiger partial charge in [-0.05, 0) is 18.8 Å². The molecule has 15 heavy (non-hydrogen) atoms. The van der Waals surface area contributed by atoms with Gasteiger partial charge >= 0.3 is 5.97 Å². The standard InChI is InChI=1S/C10H20N2O3/c1-6(2)5-8(12)10(15)7(11)3-4-9(13)14/h6-8H,3-5,11-12H2,1-2H3,(H,13,14)/t7?,8-/m1/s1. The smallest absolute Gasteiger partial charge is 0.303 e. The minimum absolute atomic E-state index is 0.0959. The Kier molecular flexibility index (Phi) is 6.12. The van der Waals surface area contributed by atoms with Crippen LogP contribution < -0.4 is 11.5 Å². The second-order valence-electron chi connectivity index (χ2n) is 4.18. The molecule has 0 amide bonds. The van der Waals surface area contributed by atoms with Gasteiger partial charge in [0.2, 0.25) is 0 Å². The number of Topliss-reactive ketones (excluding diaryl/α,β-unsaturated/α-hetero) is 1. The van der Waals surface area contributed by atoms with Gasteiger partial charge in [0.1, 0.15) is 0 Å². The zero-order chi connectivity index (χ0) is 12.0. The van der Waals surface area contributed by atoms with E-state index in [9.17, 15) is 9.59 Å². The molecule has 88 valence electrons. The van der Waals surface area contributed by atoms with Crippen molar-refractivity contribution in [3.63, 3.8) is 0 Å². The minimum atomic E-state index is -0.948. The SMILES string of the molecule is CC(C)C[C@@H](N)C(=O)C(N)CCC(=O)O. The fraction of sp³-hybridized carbons (Fsp3) is 0.800. The first kappa shape index (κ1) is 14.1. The largest absolute Gasteiger partial charge is 0.481 e. The maximum Gasteiger partial charge on any atom is 0.303 e. The molecule has 0 aliphatic heterocycles. The number of nitrogens with two attached hydrogens (primary N) is 2. The van der Waals surface area contributed by atoms with Crippen LogP contribution in [0.4, 0.5) is 0 Å². The normalized spacial score (nSPS) is 15.0. The fourth-order valence-corrected chi connectivity index (χ4v) is 1.32. The van der Waals surface area contributed by atoms with E-state index >= 15 is 0 Å². The number of ketones is 1. The van der Waals surface area contributed by atoms with Crippen LogP contribution in [0.15, 0.2) is 0 Å². The first-order valence-electron chi connectivity index (χ1n) is 5.11. The van der Waals surface area contributed by atoms with Crippen molar-refractivity contribution in [2.75, 3.05) is 0 Å². The van der Waals surface area contributed by atoms with Crippen LogP contribution in [0.2, 0.25) is 0 Å². The van der Waals surface area contributed by atoms with Crippen LogP contribution in [-0.2, 0) is 9.59 Å². The third kappa shape index (κ3) is 6.19. The molecule has 0 bridgehead atoms. The Balaban J connectivity index is 4.01. The summed E-state index contributed by atoms with van der Waals surface area (Å²) in [7, 11) is 0. The summed E-state index contributed by atoms with van der Waals surface area (Å²) >= 11 is 0. The van der Waals surface area contributed by atoms with Crippen molar-refractivity contribution in [1.29, 1.82) is 0 Å². The Bertz CT molecular complexity index is 229. The number of carboxylic acids is 1. The van der Waals surface area contributed by atoms with Gasteiger partial charge in [0.15, 0.2) is 5.78 Å². The molecule has 0 saturated heterocycles. The van der Waals surface area contributed by atoms with Gasteiger partial charge < -0.3 is 16.6 Å². The summed E-state index contributed by atoms with van der Waals surface area (Å²) in [5, 5.41) is 8.43. The molecule has 5 nitrogen and oxygen atoms in total. The first-order valence-corrected chi connectivity index (χ1v) is 5.11. The Labute approximate surface area is 89.8 Å². The molecule has 0 heterocycles. The van der Waals surface area contributed by atoms with Crippen molar-refractivity contribution < 1.29 is 14.7 Å². The van der Waals surface area contributed by atoms with Gasteiger partial charge in [0, 0.05) is 6.42 Å². The lowest BCUT2D eigenvalue weighted by molar-refractivity contribution is -0.137. The minimum Gasteiger partial charge on any atom is -0.481 e. The van der Waals surface area contributed by atoms with Gasteiger partial charge in [-0.1, -0.05) is 13.8 Å². The van der Waals surface area contributed by atoms with E-state index in [0.717, 1.165) is 0 Å². The topological polar surface area (TPSA) is 106 Å². The molecule has 0 saturated carbocycles. The molecule has 5 heteroatoms. The zero-order valence-corrected chi connectivity index (χ0v) is 9.27. The van der Waals surface area contributed by atoms with E-state index in [4.69, 9.17) is 16.6 Å². The Hall–Kier alpha value is -0.940. The van der Waals surface area contributed by atoms with Crippen molar-refractivity contribution >= 4 is 11.8 Å². The number of carboxylic acid groups (broad SMARTS) is 1. The summed E-state index contributed by atoms with van der Waals surface area (Å²) in [6.07, 6.45) is 0.640. The molecule has 0 rings (SSSR count). The molecule has 2 atom stereocenters. The Morgan fingerprint density at radius 2 is 1.73 bits per heavy atom. The molecule has 0 aromatic heterocycles. The highest BCUT2D eigenvalue weighted by atomic mass is 16.4. The monoisotopic (exact) mass is 216 g/mol. The quantitative estimate of drug-likeness (QED) is 0.560. The van der Waals surface area contributed by atoms with Crippen LogP contribution in [0.3, 0.4) is 0 Å². The maximum absolute atomic E-state index is 11.5. The second kappa shape index (κ2) is 6.53. The van der Waals surface area contributed by atoms with Gasteiger partial charge in [0.05, 0.1) is 12.1 Å². The maximum atomic E-state index is 11.5. The highest BCUT2D eigenvalue weighted by molar-refractivity contribution is 5.89. The predicted molar refractivity (Wildman–Crippen MR) is 57.3 cm³/mol. The summed E-state index contributed by atoms with van der Waals surface area (Å²) in [6.45, 7) is 3.94. The van der Waals surface area contributed by atoms with Crippen LogP contribution in [0, 0.1) is 5.92 Å². The molecule has 0 aromatic carbocycles. The highest BCUT2D eigenvalue weighted by Crippen LogP contribution is 2.06. The molecule has 0 spiro atoms. The predicted octanol–water partition coefficient (Wildman–Crippen LogP) is 0.121. The van der Waals surface area contributed by atoms with Gasteiger partial charge in [-0.2, -0.15) is 0 Å². The van der Waals surface area contributed by atoms with Gasteiger partial charge in [-0.3, -0.25) is 9.59 Å². The third-order valence-corrected chi connectivity index (χ3v) is 2.13. The molecule has 1 unspecified atom stereocenters. The number of carbonyl (C=O) groups excluding carboxylic acids is 1. The lowest BCUT2D eigenvalue weighted by Gasteiger charge is -2.17. The van der Waals surface area contributed by atoms with E-state index in [2.05, 4.69) is 0 Å². The van der Waals surface area contributed by atoms with E-state index in [1.807, 2.05) is 13.8 Å². The van der Waals surface area contributed by atoms with E-state index in [0.29, 0.717) is 12.3 Å². The molecule has 0 aliphatic rings. The van der Waals surface area contributed by atoms with Gasteiger partial charge in [0.25, 0.3) is 0 Å². The van der Waals surface area contributed by atoms with Crippen molar-refractivity contribution in [3.8, 4) is 0 Å². The summed E-state index contributed by atoms with van der Waals surface area (Å²) in [5.74, 6) is -0.865. The van der Waals surface area contributed by atoms with Crippen molar-refractivity contribution in [3.05, 3.63) is 0 Å². The highest BCUT2D eigenvalue weighted by Gasteiger charge is 2.22. The van der Waals surface area contributed by atoms with Crippen molar-refractivity contribution in [1.82, 2.24) is 0 Å². The fourth-order valence-electron chi connectivity index (χ4n) is 1.32. The van der Waals surface area contributed by atoms with Crippen LogP contribution >= 0.6 is 0 Å². The zero-order valence-electron chi connectivity index (χ0n) is 9.27. The van der Waals surface area contributed by atoms with Crippen molar-refractivity contribution in [2.45, 2.75) is 45.2 Å². The van der Waals surface area contributed by atoms with E-state index in [1.165, 1.54) is 0 Å². The van der Waals surface area contributed by atoms with E-state index < -0.39 is 18.1 Å². The number of hydrogen-bond donors (Lipinski definition) is 3. The summed E-state index contributed by atoms with van der Waals surface area (Å²) in [6, 6.07) is -1.33. The average Bonchev–Trinajstić information content (AvgIpc) is 2.11. The number of hydrogen-bond acceptors (Lipinski definition) is 4. The first-order chi connectivity index (χ1) is 6.84. The second-order valence-corrected chi connectivity index (χ2v) is 4.18. The molecule has 5 N–H and O–H groups in total. The van der Waals surface area contributed by atoms with Crippen LogP contribution in [-0.4, -0.2) is 28.9 Å². The average molecular weight is 216 g/mol. The lowest BCUT2D eigenvalue weighted by Crippen LogP contribution is -2.44. The number of rotatable bonds is 7. The number of carbonyl (C=O) groups is 2. The van der Waals surface area contributed by atoms with E-state index in [-0.39, 0.29) is 18.6 Å². The van der Waals surface area contributed by atoms with Gasteiger partial charge in [-0.15, -0.1) is 0 Å². The summed E-state index contributed by atoms with van der Waals surface area (Å²) in [4.78, 5) is 21.8. The van der Waals surface area contributed by atoms with Crippen LogP contribution in [0.1, 0.15) is 33.1 Å².